The van der Waals surface area contributed by atoms with Gasteiger partial charge in [0.05, 0.1) is 11.6 Å². The molecule has 198 valence electrons. The number of nitriles is 1. The molecule has 0 saturated heterocycles. The minimum Gasteiger partial charge on any atom is -0.456 e. The molecule has 42 heavy (non-hydrogen) atoms. The van der Waals surface area contributed by atoms with Gasteiger partial charge in [-0.2, -0.15) is 5.26 Å². The highest BCUT2D eigenvalue weighted by atomic mass is 16.3. The maximum Gasteiger partial charge on any atom is 0.154 e. The molecule has 0 fully saturated rings. The van der Waals surface area contributed by atoms with Crippen LogP contribution in [0.2, 0.25) is 0 Å². The number of hydrogen-bond donors (Lipinski definition) is 2. The molecule has 0 aliphatic heterocycles. The lowest BCUT2D eigenvalue weighted by Gasteiger charge is -2.06. The minimum absolute atomic E-state index is 0.183. The zero-order valence-corrected chi connectivity index (χ0v) is 22.5. The SMILES string of the molecule is N#Cc1ccc(-c2ccc3oc4ccc(-c5cccc(C(=N)/N=c6/ccc(-c7ccccc7)c[nH]6)c5)cc4c3c2)cc1. The molecular weight excluding hydrogens is 516 g/mol. The van der Waals surface area contributed by atoms with Crippen molar-refractivity contribution in [2.24, 2.45) is 4.99 Å². The number of H-pyrrole nitrogens is 1. The number of furan rings is 1. The number of aromatic amines is 1. The van der Waals surface area contributed by atoms with Crippen molar-refractivity contribution < 1.29 is 4.42 Å². The normalized spacial score (nSPS) is 11.5. The van der Waals surface area contributed by atoms with E-state index >= 15 is 0 Å². The summed E-state index contributed by atoms with van der Waals surface area (Å²) in [5.41, 5.74) is 9.95. The van der Waals surface area contributed by atoms with Crippen LogP contribution in [0.5, 0.6) is 0 Å². The molecule has 5 nitrogen and oxygen atoms in total. The van der Waals surface area contributed by atoms with Crippen molar-refractivity contribution in [3.05, 3.63) is 150 Å². The van der Waals surface area contributed by atoms with Crippen LogP contribution < -0.4 is 5.49 Å². The first-order valence-electron chi connectivity index (χ1n) is 13.6. The van der Waals surface area contributed by atoms with E-state index in [2.05, 4.69) is 40.3 Å². The van der Waals surface area contributed by atoms with Gasteiger partial charge in [0.2, 0.25) is 0 Å². The van der Waals surface area contributed by atoms with Gasteiger partial charge >= 0.3 is 0 Å². The van der Waals surface area contributed by atoms with Crippen molar-refractivity contribution in [2.75, 3.05) is 0 Å². The Bertz CT molecular complexity index is 2200. The van der Waals surface area contributed by atoms with Gasteiger partial charge in [0.15, 0.2) is 5.84 Å². The fourth-order valence-corrected chi connectivity index (χ4v) is 5.20. The summed E-state index contributed by atoms with van der Waals surface area (Å²) in [5.74, 6) is 0.183. The molecule has 0 atom stereocenters. The van der Waals surface area contributed by atoms with Gasteiger partial charge in [0.1, 0.15) is 16.7 Å². The van der Waals surface area contributed by atoms with E-state index in [0.29, 0.717) is 11.1 Å². The Morgan fingerprint density at radius 1 is 0.619 bits per heavy atom. The van der Waals surface area contributed by atoms with Crippen LogP contribution in [0.15, 0.2) is 143 Å². The Morgan fingerprint density at radius 2 is 1.21 bits per heavy atom. The number of nitrogens with zero attached hydrogens (tertiary/aromatic N) is 2. The molecule has 5 heteroatoms. The molecule has 0 radical (unpaired) electrons. The first-order chi connectivity index (χ1) is 20.6. The maximum absolute atomic E-state index is 9.13. The van der Waals surface area contributed by atoms with E-state index in [-0.39, 0.29) is 5.84 Å². The average molecular weight is 541 g/mol. The van der Waals surface area contributed by atoms with Crippen molar-refractivity contribution in [3.63, 3.8) is 0 Å². The molecular formula is C37H24N4O. The van der Waals surface area contributed by atoms with E-state index in [4.69, 9.17) is 15.1 Å². The van der Waals surface area contributed by atoms with Crippen LogP contribution in [0, 0.1) is 16.7 Å². The number of amidine groups is 1. The molecule has 0 bridgehead atoms. The van der Waals surface area contributed by atoms with Gasteiger partial charge in [-0.3, -0.25) is 5.41 Å². The summed E-state index contributed by atoms with van der Waals surface area (Å²) >= 11 is 0. The van der Waals surface area contributed by atoms with Crippen molar-refractivity contribution in [2.45, 2.75) is 0 Å². The van der Waals surface area contributed by atoms with Crippen molar-refractivity contribution >= 4 is 27.8 Å². The Morgan fingerprint density at radius 3 is 1.88 bits per heavy atom. The van der Waals surface area contributed by atoms with Crippen LogP contribution in [-0.2, 0) is 0 Å². The second-order valence-electron chi connectivity index (χ2n) is 10.1. The smallest absolute Gasteiger partial charge is 0.154 e. The number of pyridine rings is 1. The Balaban J connectivity index is 1.20. The summed E-state index contributed by atoms with van der Waals surface area (Å²) in [6.45, 7) is 0. The molecule has 7 aromatic rings. The molecule has 2 heterocycles. The van der Waals surface area contributed by atoms with Crippen LogP contribution in [0.25, 0.3) is 55.3 Å². The third-order valence-corrected chi connectivity index (χ3v) is 7.42. The third-order valence-electron chi connectivity index (χ3n) is 7.42. The van der Waals surface area contributed by atoms with Crippen molar-refractivity contribution in [1.29, 1.82) is 10.7 Å². The summed E-state index contributed by atoms with van der Waals surface area (Å²) in [4.78, 5) is 7.73. The topological polar surface area (TPSA) is 88.9 Å². The van der Waals surface area contributed by atoms with Crippen LogP contribution in [0.3, 0.4) is 0 Å². The van der Waals surface area contributed by atoms with Crippen LogP contribution >= 0.6 is 0 Å². The summed E-state index contributed by atoms with van der Waals surface area (Å²) in [6.07, 6.45) is 1.91. The van der Waals surface area contributed by atoms with Gasteiger partial charge in [0, 0.05) is 22.5 Å². The predicted molar refractivity (Wildman–Crippen MR) is 168 cm³/mol. The van der Waals surface area contributed by atoms with Gasteiger partial charge in [-0.15, -0.1) is 0 Å². The fourth-order valence-electron chi connectivity index (χ4n) is 5.20. The Labute approximate surface area is 242 Å². The van der Waals surface area contributed by atoms with E-state index in [9.17, 15) is 0 Å². The van der Waals surface area contributed by atoms with Crippen molar-refractivity contribution in [3.8, 4) is 39.4 Å². The lowest BCUT2D eigenvalue weighted by molar-refractivity contribution is 0.669. The van der Waals surface area contributed by atoms with Gasteiger partial charge < -0.3 is 9.40 Å². The zero-order chi connectivity index (χ0) is 28.5. The van der Waals surface area contributed by atoms with Gasteiger partial charge in [-0.1, -0.05) is 72.8 Å². The van der Waals surface area contributed by atoms with Crippen LogP contribution in [0.1, 0.15) is 11.1 Å². The average Bonchev–Trinajstić information content (AvgIpc) is 3.43. The highest BCUT2D eigenvalue weighted by molar-refractivity contribution is 6.08. The standard InChI is InChI=1S/C37H24N4O/c38-22-24-9-11-26(12-10-24)28-13-16-34-32(20-28)33-21-29(14-17-35(33)42-34)27-7-4-8-30(19-27)37(39)41-36-18-15-31(23-40-36)25-5-2-1-3-6-25/h1-21,23H,(H2,39,40,41). The molecule has 0 saturated carbocycles. The maximum atomic E-state index is 9.13. The highest BCUT2D eigenvalue weighted by Crippen LogP contribution is 2.35. The Hall–Kier alpha value is -5.99. The van der Waals surface area contributed by atoms with E-state index in [1.807, 2.05) is 109 Å². The summed E-state index contributed by atoms with van der Waals surface area (Å²) < 4.78 is 6.14. The monoisotopic (exact) mass is 540 g/mol. The second-order valence-corrected chi connectivity index (χ2v) is 10.1. The number of fused-ring (bicyclic) bond motifs is 3. The van der Waals surface area contributed by atoms with Crippen LogP contribution in [0.4, 0.5) is 0 Å². The van der Waals surface area contributed by atoms with Gasteiger partial charge in [-0.25, -0.2) is 4.99 Å². The largest absolute Gasteiger partial charge is 0.456 e. The summed E-state index contributed by atoms with van der Waals surface area (Å²) in [6, 6.07) is 44.1. The molecule has 0 aliphatic rings. The van der Waals surface area contributed by atoms with Crippen LogP contribution in [-0.4, -0.2) is 10.8 Å². The Kier molecular flexibility index (Phi) is 6.27. The highest BCUT2D eigenvalue weighted by Gasteiger charge is 2.11. The summed E-state index contributed by atoms with van der Waals surface area (Å²) in [7, 11) is 0. The van der Waals surface area contributed by atoms with E-state index in [1.165, 1.54) is 0 Å². The van der Waals surface area contributed by atoms with E-state index in [1.54, 1.807) is 0 Å². The molecule has 2 N–H and O–H groups in total. The number of aromatic nitrogens is 1. The predicted octanol–water partition coefficient (Wildman–Crippen LogP) is 8.71. The van der Waals surface area contributed by atoms with E-state index in [0.717, 1.165) is 60.9 Å². The summed E-state index contributed by atoms with van der Waals surface area (Å²) in [5, 5.41) is 19.9. The molecule has 0 spiro atoms. The van der Waals surface area contributed by atoms with E-state index < -0.39 is 0 Å². The number of nitrogens with one attached hydrogen (secondary N) is 2. The second kappa shape index (κ2) is 10.5. The molecule has 0 unspecified atom stereocenters. The number of rotatable bonds is 4. The first-order valence-corrected chi connectivity index (χ1v) is 13.6. The lowest BCUT2D eigenvalue weighted by atomic mass is 9.99. The third kappa shape index (κ3) is 4.78. The minimum atomic E-state index is 0.183. The lowest BCUT2D eigenvalue weighted by Crippen LogP contribution is -2.10. The molecule has 5 aromatic carbocycles. The molecule has 2 aromatic heterocycles. The first kappa shape index (κ1) is 25.0. The molecule has 0 amide bonds. The molecule has 7 rings (SSSR count). The number of hydrogen-bond acceptors (Lipinski definition) is 3. The fraction of sp³-hybridized carbons (Fsp3) is 0. The number of benzene rings is 5. The molecule has 0 aliphatic carbocycles. The van der Waals surface area contributed by atoms with Crippen molar-refractivity contribution in [1.82, 2.24) is 4.98 Å². The zero-order valence-electron chi connectivity index (χ0n) is 22.5. The van der Waals surface area contributed by atoms with Gasteiger partial charge in [-0.05, 0) is 88.0 Å². The van der Waals surface area contributed by atoms with Gasteiger partial charge in [0.25, 0.3) is 0 Å². The quantitative estimate of drug-likeness (QED) is 0.173.